The molecule has 0 bridgehead atoms. The zero-order chi connectivity index (χ0) is 23.3. The van der Waals surface area contributed by atoms with Gasteiger partial charge in [-0.3, -0.25) is 20.0 Å². The van der Waals surface area contributed by atoms with E-state index in [2.05, 4.69) is 22.1 Å². The Morgan fingerprint density at radius 3 is 2.56 bits per heavy atom. The molecule has 0 saturated carbocycles. The summed E-state index contributed by atoms with van der Waals surface area (Å²) in [4.78, 5) is 31.6. The van der Waals surface area contributed by atoms with Crippen molar-refractivity contribution in [3.8, 4) is 0 Å². The van der Waals surface area contributed by atoms with Crippen molar-refractivity contribution in [2.75, 3.05) is 18.6 Å². The maximum absolute atomic E-state index is 12.8. The highest BCUT2D eigenvalue weighted by Crippen LogP contribution is 2.20. The second kappa shape index (κ2) is 10.1. The fraction of sp³-hybridized carbons (Fsp3) is 0.333. The first-order valence-corrected chi connectivity index (χ1v) is 10.5. The van der Waals surface area contributed by atoms with E-state index in [9.17, 15) is 9.59 Å². The minimum atomic E-state index is -0.591. The maximum Gasteiger partial charge on any atom is 0.311 e. The molecule has 8 nitrogen and oxygen atoms in total. The topological polar surface area (TPSA) is 121 Å². The summed E-state index contributed by atoms with van der Waals surface area (Å²) in [6.07, 6.45) is 2.16. The van der Waals surface area contributed by atoms with Crippen LogP contribution in [0.2, 0.25) is 0 Å². The Kier molecular flexibility index (Phi) is 7.25. The number of carbonyl (C=O) groups is 2. The molecule has 0 fully saturated rings. The molecular formula is C24H29N5O3. The number of nitrogens with zero attached hydrogens (tertiary/aromatic N) is 2. The summed E-state index contributed by atoms with van der Waals surface area (Å²) in [5.41, 5.74) is 8.47. The number of aliphatic imine (C=N–C) groups is 1. The molecule has 3 rings (SSSR count). The number of ether oxygens (including phenoxy) is 1. The Hall–Kier alpha value is -3.68. The molecule has 1 aliphatic rings. The van der Waals surface area contributed by atoms with E-state index >= 15 is 0 Å². The first kappa shape index (κ1) is 23.0. The number of methoxy groups -OCH3 is 1. The van der Waals surface area contributed by atoms with Crippen molar-refractivity contribution in [3.63, 3.8) is 0 Å². The molecule has 4 N–H and O–H groups in total. The third-order valence-electron chi connectivity index (χ3n) is 5.64. The Morgan fingerprint density at radius 2 is 1.97 bits per heavy atom. The average molecular weight is 436 g/mol. The average Bonchev–Trinajstić information content (AvgIpc) is 3.22. The maximum atomic E-state index is 12.8. The molecule has 3 atom stereocenters. The van der Waals surface area contributed by atoms with Gasteiger partial charge in [0.2, 0.25) is 0 Å². The summed E-state index contributed by atoms with van der Waals surface area (Å²) in [5.74, 6) is -1.31. The number of rotatable bonds is 8. The molecule has 8 heteroatoms. The van der Waals surface area contributed by atoms with Crippen molar-refractivity contribution in [1.29, 1.82) is 5.41 Å². The Balaban J connectivity index is 1.70. The predicted molar refractivity (Wildman–Crippen MR) is 125 cm³/mol. The van der Waals surface area contributed by atoms with E-state index in [0.29, 0.717) is 17.5 Å². The van der Waals surface area contributed by atoms with Crippen molar-refractivity contribution >= 4 is 29.7 Å². The quantitative estimate of drug-likeness (QED) is 0.334. The molecule has 2 aromatic carbocycles. The van der Waals surface area contributed by atoms with Crippen LogP contribution in [0.1, 0.15) is 35.3 Å². The number of nitrogen functional groups attached to an aromatic ring is 1. The predicted octanol–water partition coefficient (Wildman–Crippen LogP) is 2.36. The Morgan fingerprint density at radius 1 is 1.25 bits per heavy atom. The second-order valence-electron chi connectivity index (χ2n) is 7.99. The number of benzene rings is 2. The van der Waals surface area contributed by atoms with Crippen molar-refractivity contribution in [2.24, 2.45) is 16.6 Å². The van der Waals surface area contributed by atoms with E-state index in [4.69, 9.17) is 15.9 Å². The number of nitrogens with one attached hydrogen (secondary N) is 2. The number of anilines is 1. The Bertz CT molecular complexity index is 1020. The van der Waals surface area contributed by atoms with Gasteiger partial charge in [0, 0.05) is 22.9 Å². The summed E-state index contributed by atoms with van der Waals surface area (Å²) in [6.45, 7) is 4.63. The summed E-state index contributed by atoms with van der Waals surface area (Å²) < 4.78 is 4.98. The first-order valence-electron chi connectivity index (χ1n) is 10.5. The smallest absolute Gasteiger partial charge is 0.311 e. The van der Waals surface area contributed by atoms with Gasteiger partial charge < -0.3 is 20.7 Å². The highest BCUT2D eigenvalue weighted by Gasteiger charge is 2.28. The lowest BCUT2D eigenvalue weighted by molar-refractivity contribution is -0.146. The number of hydrogen-bond donors (Lipinski definition) is 3. The van der Waals surface area contributed by atoms with Gasteiger partial charge in [0.1, 0.15) is 5.84 Å². The summed E-state index contributed by atoms with van der Waals surface area (Å²) in [5, 5.41) is 10.5. The number of nitrogens with two attached hydrogens (primary N) is 1. The molecule has 32 heavy (non-hydrogen) atoms. The SMILES string of the molecule is COC(=O)C(Cc1cccc(C(=N)N)c1)C(C)NC(=O)c1ccc(N2C=NCC2C)cc1. The van der Waals surface area contributed by atoms with Gasteiger partial charge in [0.25, 0.3) is 5.91 Å². The molecule has 1 amide bonds. The van der Waals surface area contributed by atoms with Crippen molar-refractivity contribution in [3.05, 3.63) is 65.2 Å². The van der Waals surface area contributed by atoms with Crippen LogP contribution >= 0.6 is 0 Å². The molecule has 0 aliphatic carbocycles. The minimum absolute atomic E-state index is 0.0409. The molecule has 0 spiro atoms. The number of amides is 1. The van der Waals surface area contributed by atoms with Gasteiger partial charge in [-0.1, -0.05) is 18.2 Å². The molecule has 0 radical (unpaired) electrons. The zero-order valence-corrected chi connectivity index (χ0v) is 18.5. The zero-order valence-electron chi connectivity index (χ0n) is 18.5. The van der Waals surface area contributed by atoms with E-state index in [1.807, 2.05) is 24.5 Å². The standard InChI is InChI=1S/C24H29N5O3/c1-15-13-27-14-29(15)20-9-7-18(8-10-20)23(30)28-16(2)21(24(31)32-3)12-17-5-4-6-19(11-17)22(25)26/h4-11,14-16,21H,12-13H2,1-3H3,(H3,25,26)(H,28,30). The van der Waals surface area contributed by atoms with Crippen molar-refractivity contribution in [1.82, 2.24) is 5.32 Å². The Labute approximate surface area is 188 Å². The van der Waals surface area contributed by atoms with Gasteiger partial charge in [-0.05, 0) is 56.2 Å². The summed E-state index contributed by atoms with van der Waals surface area (Å²) >= 11 is 0. The number of hydrogen-bond acceptors (Lipinski definition) is 6. The normalized spacial score (nSPS) is 17.0. The highest BCUT2D eigenvalue weighted by molar-refractivity contribution is 5.96. The van der Waals surface area contributed by atoms with Gasteiger partial charge in [-0.2, -0.15) is 0 Å². The second-order valence-corrected chi connectivity index (χ2v) is 7.99. The van der Waals surface area contributed by atoms with E-state index in [-0.39, 0.29) is 17.8 Å². The first-order chi connectivity index (χ1) is 15.3. The third-order valence-corrected chi connectivity index (χ3v) is 5.64. The van der Waals surface area contributed by atoms with Crippen LogP contribution in [0.5, 0.6) is 0 Å². The molecule has 1 aliphatic heterocycles. The number of carbonyl (C=O) groups excluding carboxylic acids is 2. The molecule has 168 valence electrons. The van der Waals surface area contributed by atoms with Gasteiger partial charge in [-0.25, -0.2) is 0 Å². The minimum Gasteiger partial charge on any atom is -0.469 e. The lowest BCUT2D eigenvalue weighted by atomic mass is 9.92. The lowest BCUT2D eigenvalue weighted by Crippen LogP contribution is -2.42. The van der Waals surface area contributed by atoms with Crippen LogP contribution in [-0.2, 0) is 16.0 Å². The third kappa shape index (κ3) is 5.32. The van der Waals surface area contributed by atoms with E-state index in [0.717, 1.165) is 17.8 Å². The molecule has 1 heterocycles. The van der Waals surface area contributed by atoms with Crippen LogP contribution in [0.3, 0.4) is 0 Å². The molecule has 3 unspecified atom stereocenters. The van der Waals surface area contributed by atoms with Crippen molar-refractivity contribution in [2.45, 2.75) is 32.4 Å². The van der Waals surface area contributed by atoms with Crippen LogP contribution in [-0.4, -0.2) is 49.8 Å². The number of esters is 1. The van der Waals surface area contributed by atoms with Gasteiger partial charge in [0.15, 0.2) is 0 Å². The molecule has 2 aromatic rings. The van der Waals surface area contributed by atoms with Crippen LogP contribution in [0.15, 0.2) is 53.5 Å². The molecular weight excluding hydrogens is 406 g/mol. The largest absolute Gasteiger partial charge is 0.469 e. The van der Waals surface area contributed by atoms with Crippen LogP contribution in [0.25, 0.3) is 0 Å². The summed E-state index contributed by atoms with van der Waals surface area (Å²) in [6, 6.07) is 14.3. The van der Waals surface area contributed by atoms with Gasteiger partial charge >= 0.3 is 5.97 Å². The fourth-order valence-corrected chi connectivity index (χ4v) is 3.72. The van der Waals surface area contributed by atoms with E-state index in [1.54, 1.807) is 37.3 Å². The van der Waals surface area contributed by atoms with Gasteiger partial charge in [0.05, 0.1) is 32.0 Å². The van der Waals surface area contributed by atoms with Crippen LogP contribution in [0, 0.1) is 11.3 Å². The highest BCUT2D eigenvalue weighted by atomic mass is 16.5. The lowest BCUT2D eigenvalue weighted by Gasteiger charge is -2.24. The molecule has 0 saturated heterocycles. The van der Waals surface area contributed by atoms with E-state index < -0.39 is 17.9 Å². The van der Waals surface area contributed by atoms with Gasteiger partial charge in [-0.15, -0.1) is 0 Å². The summed E-state index contributed by atoms with van der Waals surface area (Å²) in [7, 11) is 1.33. The fourth-order valence-electron chi connectivity index (χ4n) is 3.72. The van der Waals surface area contributed by atoms with Crippen LogP contribution < -0.4 is 16.0 Å². The van der Waals surface area contributed by atoms with Crippen molar-refractivity contribution < 1.29 is 14.3 Å². The number of amidine groups is 1. The van der Waals surface area contributed by atoms with E-state index in [1.165, 1.54) is 7.11 Å². The monoisotopic (exact) mass is 435 g/mol. The van der Waals surface area contributed by atoms with Crippen LogP contribution in [0.4, 0.5) is 5.69 Å². The molecule has 0 aromatic heterocycles.